The summed E-state index contributed by atoms with van der Waals surface area (Å²) in [6, 6.07) is 7.55. The fourth-order valence-electron chi connectivity index (χ4n) is 3.87. The molecule has 3 aromatic heterocycles. The Morgan fingerprint density at radius 2 is 1.94 bits per heavy atom. The van der Waals surface area contributed by atoms with Crippen molar-refractivity contribution in [2.45, 2.75) is 33.4 Å². The number of nitrogens with one attached hydrogen (secondary N) is 1. The van der Waals surface area contributed by atoms with Gasteiger partial charge in [-0.05, 0) is 56.7 Å². The SMILES string of the molecule is Cc1sc2nc([C@H](C)OC(=O)c3ccc4c(c3)C(=O)N(Cc3ccco3)C4=O)[nH]c(=O)c2c1C. The van der Waals surface area contributed by atoms with Crippen LogP contribution in [-0.2, 0) is 11.3 Å². The van der Waals surface area contributed by atoms with E-state index in [1.165, 1.54) is 35.8 Å². The number of nitrogens with zero attached hydrogens (tertiary/aromatic N) is 2. The molecule has 34 heavy (non-hydrogen) atoms. The molecule has 0 fully saturated rings. The molecule has 1 atom stereocenters. The summed E-state index contributed by atoms with van der Waals surface area (Å²) < 4.78 is 10.7. The number of carbonyl (C=O) groups excluding carboxylic acids is 3. The molecule has 0 bridgehead atoms. The normalized spacial score (nSPS) is 14.0. The van der Waals surface area contributed by atoms with Gasteiger partial charge in [-0.15, -0.1) is 11.3 Å². The van der Waals surface area contributed by atoms with E-state index in [0.717, 1.165) is 15.3 Å². The van der Waals surface area contributed by atoms with Crippen molar-refractivity contribution in [3.63, 3.8) is 0 Å². The molecule has 1 aromatic carbocycles. The molecule has 5 rings (SSSR count). The van der Waals surface area contributed by atoms with Crippen molar-refractivity contribution in [1.29, 1.82) is 0 Å². The highest BCUT2D eigenvalue weighted by Gasteiger charge is 2.36. The lowest BCUT2D eigenvalue weighted by Gasteiger charge is -2.13. The third-order valence-electron chi connectivity index (χ3n) is 5.83. The molecule has 0 unspecified atom stereocenters. The Kier molecular flexibility index (Phi) is 5.17. The van der Waals surface area contributed by atoms with Gasteiger partial charge >= 0.3 is 5.97 Å². The average molecular weight is 477 g/mol. The number of aryl methyl sites for hydroxylation is 2. The van der Waals surface area contributed by atoms with Gasteiger partial charge in [0, 0.05) is 4.88 Å². The van der Waals surface area contributed by atoms with Crippen LogP contribution in [0.5, 0.6) is 0 Å². The van der Waals surface area contributed by atoms with Gasteiger partial charge in [0.2, 0.25) is 0 Å². The second kappa shape index (κ2) is 8.07. The van der Waals surface area contributed by atoms with Crippen molar-refractivity contribution in [1.82, 2.24) is 14.9 Å². The van der Waals surface area contributed by atoms with Gasteiger partial charge in [-0.25, -0.2) is 9.78 Å². The lowest BCUT2D eigenvalue weighted by atomic mass is 10.1. The van der Waals surface area contributed by atoms with E-state index >= 15 is 0 Å². The van der Waals surface area contributed by atoms with Crippen LogP contribution in [0.15, 0.2) is 45.8 Å². The molecule has 0 radical (unpaired) electrons. The minimum atomic E-state index is -0.839. The second-order valence-electron chi connectivity index (χ2n) is 8.00. The van der Waals surface area contributed by atoms with Crippen LogP contribution in [0.2, 0.25) is 0 Å². The summed E-state index contributed by atoms with van der Waals surface area (Å²) >= 11 is 1.40. The van der Waals surface area contributed by atoms with Crippen LogP contribution in [0.4, 0.5) is 0 Å². The molecule has 172 valence electrons. The molecule has 1 N–H and O–H groups in total. The van der Waals surface area contributed by atoms with Crippen molar-refractivity contribution in [3.05, 3.63) is 85.7 Å². The molecular weight excluding hydrogens is 458 g/mol. The quantitative estimate of drug-likeness (QED) is 0.341. The number of imide groups is 1. The molecule has 0 aliphatic carbocycles. The van der Waals surface area contributed by atoms with Crippen LogP contribution < -0.4 is 5.56 Å². The first-order valence-electron chi connectivity index (χ1n) is 10.5. The average Bonchev–Trinajstić information content (AvgIpc) is 3.49. The monoisotopic (exact) mass is 477 g/mol. The molecule has 0 saturated heterocycles. The number of carbonyl (C=O) groups is 3. The number of esters is 1. The van der Waals surface area contributed by atoms with Crippen LogP contribution >= 0.6 is 11.3 Å². The number of thiophene rings is 1. The second-order valence-corrected chi connectivity index (χ2v) is 9.20. The van der Waals surface area contributed by atoms with Crippen molar-refractivity contribution in [2.24, 2.45) is 0 Å². The topological polar surface area (TPSA) is 123 Å². The molecule has 9 nitrogen and oxygen atoms in total. The molecular formula is C24H19N3O6S. The lowest BCUT2D eigenvalue weighted by molar-refractivity contribution is 0.0320. The van der Waals surface area contributed by atoms with E-state index < -0.39 is 23.9 Å². The summed E-state index contributed by atoms with van der Waals surface area (Å²) in [5, 5.41) is 0.533. The summed E-state index contributed by atoms with van der Waals surface area (Å²) in [6.07, 6.45) is 0.622. The number of fused-ring (bicyclic) bond motifs is 2. The maximum Gasteiger partial charge on any atom is 0.338 e. The van der Waals surface area contributed by atoms with E-state index in [-0.39, 0.29) is 34.6 Å². The number of benzene rings is 1. The van der Waals surface area contributed by atoms with E-state index in [9.17, 15) is 19.2 Å². The number of amides is 2. The van der Waals surface area contributed by atoms with Gasteiger partial charge in [0.25, 0.3) is 17.4 Å². The number of hydrogen-bond acceptors (Lipinski definition) is 8. The Balaban J connectivity index is 1.37. The van der Waals surface area contributed by atoms with Gasteiger partial charge in [0.1, 0.15) is 10.6 Å². The fraction of sp³-hybridized carbons (Fsp3) is 0.208. The summed E-state index contributed by atoms with van der Waals surface area (Å²) in [5.41, 5.74) is 1.03. The van der Waals surface area contributed by atoms with Gasteiger partial charge < -0.3 is 14.1 Å². The predicted molar refractivity (Wildman–Crippen MR) is 123 cm³/mol. The van der Waals surface area contributed by atoms with Gasteiger partial charge in [0.15, 0.2) is 11.9 Å². The number of rotatable bonds is 5. The predicted octanol–water partition coefficient (Wildman–Crippen LogP) is 3.91. The Morgan fingerprint density at radius 3 is 2.68 bits per heavy atom. The van der Waals surface area contributed by atoms with Crippen molar-refractivity contribution in [3.8, 4) is 0 Å². The molecule has 4 heterocycles. The van der Waals surface area contributed by atoms with Crippen molar-refractivity contribution < 1.29 is 23.5 Å². The van der Waals surface area contributed by atoms with Gasteiger partial charge in [-0.2, -0.15) is 0 Å². The number of aromatic nitrogens is 2. The first-order chi connectivity index (χ1) is 16.2. The van der Waals surface area contributed by atoms with E-state index in [2.05, 4.69) is 9.97 Å². The van der Waals surface area contributed by atoms with E-state index in [1.807, 2.05) is 13.8 Å². The van der Waals surface area contributed by atoms with Gasteiger partial charge in [0.05, 0.1) is 34.9 Å². The van der Waals surface area contributed by atoms with Gasteiger partial charge in [-0.1, -0.05) is 0 Å². The number of ether oxygens (including phenoxy) is 1. The van der Waals surface area contributed by atoms with Crippen LogP contribution in [-0.4, -0.2) is 32.7 Å². The first kappa shape index (κ1) is 21.8. The largest absolute Gasteiger partial charge is 0.467 e. The summed E-state index contributed by atoms with van der Waals surface area (Å²) in [7, 11) is 0. The lowest BCUT2D eigenvalue weighted by Crippen LogP contribution is -2.28. The minimum Gasteiger partial charge on any atom is -0.467 e. The Morgan fingerprint density at radius 1 is 1.18 bits per heavy atom. The third kappa shape index (κ3) is 3.52. The number of H-pyrrole nitrogens is 1. The highest BCUT2D eigenvalue weighted by atomic mass is 32.1. The van der Waals surface area contributed by atoms with Gasteiger partial charge in [-0.3, -0.25) is 19.3 Å². The van der Waals surface area contributed by atoms with Crippen molar-refractivity contribution in [2.75, 3.05) is 0 Å². The molecule has 1 aliphatic heterocycles. The van der Waals surface area contributed by atoms with Crippen LogP contribution in [0.25, 0.3) is 10.2 Å². The Hall–Kier alpha value is -4.05. The highest BCUT2D eigenvalue weighted by molar-refractivity contribution is 7.18. The molecule has 1 aliphatic rings. The fourth-order valence-corrected chi connectivity index (χ4v) is 4.90. The maximum atomic E-state index is 12.8. The first-order valence-corrected chi connectivity index (χ1v) is 11.3. The van der Waals surface area contributed by atoms with Crippen molar-refractivity contribution >= 4 is 39.3 Å². The third-order valence-corrected chi connectivity index (χ3v) is 6.93. The zero-order valence-electron chi connectivity index (χ0n) is 18.5. The maximum absolute atomic E-state index is 12.8. The molecule has 2 amide bonds. The zero-order valence-corrected chi connectivity index (χ0v) is 19.3. The number of furan rings is 1. The molecule has 10 heteroatoms. The molecule has 4 aromatic rings. The van der Waals surface area contributed by atoms with E-state index in [1.54, 1.807) is 19.1 Å². The minimum absolute atomic E-state index is 0.000655. The standard InChI is InChI=1S/C24H19N3O6S/c1-11-13(3)34-21-18(11)20(28)25-19(26-21)12(2)33-24(31)14-6-7-16-17(9-14)23(30)27(22(16)29)10-15-5-4-8-32-15/h4-9,12H,10H2,1-3H3,(H,25,26,28)/t12-/m0/s1. The van der Waals surface area contributed by atoms with Crippen LogP contribution in [0, 0.1) is 13.8 Å². The summed E-state index contributed by atoms with van der Waals surface area (Å²) in [5.74, 6) is -0.983. The summed E-state index contributed by atoms with van der Waals surface area (Å²) in [4.78, 5) is 60.6. The summed E-state index contributed by atoms with van der Waals surface area (Å²) in [6.45, 7) is 5.38. The van der Waals surface area contributed by atoms with Crippen LogP contribution in [0.1, 0.15) is 66.1 Å². The number of aromatic amines is 1. The Labute approximate surface area is 197 Å². The smallest absolute Gasteiger partial charge is 0.338 e. The molecule has 0 spiro atoms. The van der Waals surface area contributed by atoms with Crippen LogP contribution in [0.3, 0.4) is 0 Å². The highest BCUT2D eigenvalue weighted by Crippen LogP contribution is 2.28. The van der Waals surface area contributed by atoms with E-state index in [4.69, 9.17) is 9.15 Å². The zero-order chi connectivity index (χ0) is 24.1. The Bertz CT molecular complexity index is 1530. The van der Waals surface area contributed by atoms with E-state index in [0.29, 0.717) is 16.0 Å². The molecule has 0 saturated carbocycles. The number of hydrogen-bond donors (Lipinski definition) is 1.